The second-order valence-electron chi connectivity index (χ2n) is 4.51. The molecule has 1 aromatic heterocycles. The Morgan fingerprint density at radius 1 is 1.50 bits per heavy atom. The van der Waals surface area contributed by atoms with Gasteiger partial charge in [0, 0.05) is 19.2 Å². The molecule has 3 nitrogen and oxygen atoms in total. The predicted molar refractivity (Wildman–Crippen MR) is 67.0 cm³/mol. The van der Waals surface area contributed by atoms with Crippen molar-refractivity contribution < 1.29 is 0 Å². The standard InChI is InChI=1S/C13H21N3/c1-5-6-7-8-9-16-11-15-10-12(16)13(2,3)14-4/h1,10-11,14H,6-9H2,2-4H3. The van der Waals surface area contributed by atoms with Crippen LogP contribution < -0.4 is 5.32 Å². The van der Waals surface area contributed by atoms with E-state index < -0.39 is 0 Å². The van der Waals surface area contributed by atoms with Gasteiger partial charge in [0.1, 0.15) is 0 Å². The molecule has 0 aliphatic heterocycles. The van der Waals surface area contributed by atoms with Crippen molar-refractivity contribution in [1.29, 1.82) is 0 Å². The fourth-order valence-corrected chi connectivity index (χ4v) is 1.66. The first kappa shape index (κ1) is 12.8. The van der Waals surface area contributed by atoms with E-state index in [1.165, 1.54) is 5.69 Å². The highest BCUT2D eigenvalue weighted by atomic mass is 15.1. The molecule has 0 fully saturated rings. The van der Waals surface area contributed by atoms with Crippen molar-refractivity contribution in [3.8, 4) is 12.3 Å². The Morgan fingerprint density at radius 3 is 2.88 bits per heavy atom. The summed E-state index contributed by atoms with van der Waals surface area (Å²) in [6.45, 7) is 5.30. The maximum atomic E-state index is 5.23. The van der Waals surface area contributed by atoms with Crippen molar-refractivity contribution in [2.24, 2.45) is 0 Å². The Kier molecular flexibility index (Phi) is 4.57. The molecule has 0 radical (unpaired) electrons. The van der Waals surface area contributed by atoms with Gasteiger partial charge in [-0.1, -0.05) is 0 Å². The number of nitrogens with one attached hydrogen (secondary N) is 1. The molecule has 0 amide bonds. The Labute approximate surface area is 98.3 Å². The number of unbranched alkanes of at least 4 members (excludes halogenated alkanes) is 2. The second kappa shape index (κ2) is 5.72. The molecule has 0 aliphatic rings. The number of nitrogens with zero attached hydrogens (tertiary/aromatic N) is 2. The van der Waals surface area contributed by atoms with Crippen LogP contribution in [0.3, 0.4) is 0 Å². The van der Waals surface area contributed by atoms with Crippen molar-refractivity contribution in [3.05, 3.63) is 18.2 Å². The Hall–Kier alpha value is -1.27. The van der Waals surface area contributed by atoms with Gasteiger partial charge in [-0.3, -0.25) is 0 Å². The highest BCUT2D eigenvalue weighted by Crippen LogP contribution is 2.19. The molecule has 0 spiro atoms. The molecule has 0 aromatic carbocycles. The van der Waals surface area contributed by atoms with E-state index >= 15 is 0 Å². The molecule has 0 saturated heterocycles. The molecule has 1 rings (SSSR count). The van der Waals surface area contributed by atoms with Crippen molar-refractivity contribution in [3.63, 3.8) is 0 Å². The summed E-state index contributed by atoms with van der Waals surface area (Å²) < 4.78 is 2.20. The van der Waals surface area contributed by atoms with Gasteiger partial charge in [0.15, 0.2) is 0 Å². The lowest BCUT2D eigenvalue weighted by Gasteiger charge is -2.25. The Balaban J connectivity index is 2.61. The molecule has 0 aliphatic carbocycles. The molecule has 16 heavy (non-hydrogen) atoms. The lowest BCUT2D eigenvalue weighted by atomic mass is 10.0. The zero-order valence-corrected chi connectivity index (χ0v) is 10.5. The fourth-order valence-electron chi connectivity index (χ4n) is 1.66. The zero-order valence-electron chi connectivity index (χ0n) is 10.5. The highest BCUT2D eigenvalue weighted by molar-refractivity contribution is 5.10. The third kappa shape index (κ3) is 3.11. The van der Waals surface area contributed by atoms with E-state index in [1.54, 1.807) is 0 Å². The average molecular weight is 219 g/mol. The molecule has 1 N–H and O–H groups in total. The van der Waals surface area contributed by atoms with Crippen LogP contribution in [0, 0.1) is 12.3 Å². The predicted octanol–water partition coefficient (Wildman–Crippen LogP) is 2.14. The molecule has 88 valence electrons. The van der Waals surface area contributed by atoms with E-state index in [2.05, 4.69) is 34.6 Å². The molecule has 1 aromatic rings. The van der Waals surface area contributed by atoms with Crippen LogP contribution >= 0.6 is 0 Å². The number of aromatic nitrogens is 2. The zero-order chi connectivity index (χ0) is 12.0. The first-order chi connectivity index (χ1) is 7.61. The van der Waals surface area contributed by atoms with E-state index in [0.29, 0.717) is 0 Å². The summed E-state index contributed by atoms with van der Waals surface area (Å²) in [5.74, 6) is 2.67. The summed E-state index contributed by atoms with van der Waals surface area (Å²) in [5.41, 5.74) is 1.18. The molecule has 3 heteroatoms. The van der Waals surface area contributed by atoms with Crippen molar-refractivity contribution in [2.45, 2.75) is 45.2 Å². The molecule has 1 heterocycles. The summed E-state index contributed by atoms with van der Waals surface area (Å²) >= 11 is 0. The molecule has 0 bridgehead atoms. The van der Waals surface area contributed by atoms with E-state index in [4.69, 9.17) is 6.42 Å². The van der Waals surface area contributed by atoms with Crippen molar-refractivity contribution in [1.82, 2.24) is 14.9 Å². The van der Waals surface area contributed by atoms with E-state index in [-0.39, 0.29) is 5.54 Å². The summed E-state index contributed by atoms with van der Waals surface area (Å²) in [6, 6.07) is 0. The van der Waals surface area contributed by atoms with Crippen molar-refractivity contribution in [2.75, 3.05) is 7.05 Å². The normalized spacial score (nSPS) is 11.4. The van der Waals surface area contributed by atoms with Gasteiger partial charge in [-0.25, -0.2) is 4.98 Å². The number of hydrogen-bond donors (Lipinski definition) is 1. The maximum Gasteiger partial charge on any atom is 0.0948 e. The lowest BCUT2D eigenvalue weighted by Crippen LogP contribution is -2.35. The van der Waals surface area contributed by atoms with E-state index in [1.807, 2.05) is 19.6 Å². The number of terminal acetylenes is 1. The minimum absolute atomic E-state index is 0.0391. The smallest absolute Gasteiger partial charge is 0.0948 e. The third-order valence-corrected chi connectivity index (χ3v) is 2.95. The van der Waals surface area contributed by atoms with E-state index in [0.717, 1.165) is 25.8 Å². The quantitative estimate of drug-likeness (QED) is 0.587. The highest BCUT2D eigenvalue weighted by Gasteiger charge is 2.21. The average Bonchev–Trinajstić information content (AvgIpc) is 2.73. The topological polar surface area (TPSA) is 29.9 Å². The van der Waals surface area contributed by atoms with Crippen LogP contribution in [0.1, 0.15) is 38.8 Å². The van der Waals surface area contributed by atoms with Crippen LogP contribution in [0.25, 0.3) is 0 Å². The van der Waals surface area contributed by atoms with Gasteiger partial charge >= 0.3 is 0 Å². The van der Waals surface area contributed by atoms with E-state index in [9.17, 15) is 0 Å². The number of hydrogen-bond acceptors (Lipinski definition) is 2. The summed E-state index contributed by atoms with van der Waals surface area (Å²) in [7, 11) is 1.97. The number of aryl methyl sites for hydroxylation is 1. The third-order valence-electron chi connectivity index (χ3n) is 2.95. The van der Waals surface area contributed by atoms with Crippen LogP contribution in [0.15, 0.2) is 12.5 Å². The SMILES string of the molecule is C#CCCCCn1cncc1C(C)(C)NC. The van der Waals surface area contributed by atoms with Gasteiger partial charge in [0.2, 0.25) is 0 Å². The second-order valence-corrected chi connectivity index (χ2v) is 4.51. The van der Waals surface area contributed by atoms with Gasteiger partial charge < -0.3 is 9.88 Å². The molecular formula is C13H21N3. The van der Waals surface area contributed by atoms with Gasteiger partial charge in [-0.15, -0.1) is 12.3 Å². The van der Waals surface area contributed by atoms with Crippen molar-refractivity contribution >= 4 is 0 Å². The van der Waals surface area contributed by atoms with Crippen LogP contribution in [-0.2, 0) is 12.1 Å². The number of rotatable bonds is 6. The van der Waals surface area contributed by atoms with Crippen LogP contribution in [0.4, 0.5) is 0 Å². The van der Waals surface area contributed by atoms with Crippen LogP contribution in [0.5, 0.6) is 0 Å². The van der Waals surface area contributed by atoms with Gasteiger partial charge in [-0.2, -0.15) is 0 Å². The minimum atomic E-state index is -0.0391. The Morgan fingerprint density at radius 2 is 2.25 bits per heavy atom. The maximum absolute atomic E-state index is 5.23. The monoisotopic (exact) mass is 219 g/mol. The summed E-state index contributed by atoms with van der Waals surface area (Å²) in [4.78, 5) is 4.22. The largest absolute Gasteiger partial charge is 0.333 e. The van der Waals surface area contributed by atoms with Crippen LogP contribution in [0.2, 0.25) is 0 Å². The first-order valence-electron chi connectivity index (χ1n) is 5.75. The van der Waals surface area contributed by atoms with Gasteiger partial charge in [0.25, 0.3) is 0 Å². The van der Waals surface area contributed by atoms with Crippen LogP contribution in [-0.4, -0.2) is 16.6 Å². The first-order valence-corrected chi connectivity index (χ1v) is 5.75. The summed E-state index contributed by atoms with van der Waals surface area (Å²) in [5, 5.41) is 3.29. The fraction of sp³-hybridized carbons (Fsp3) is 0.615. The molecule has 0 saturated carbocycles. The number of imidazole rings is 1. The molecule has 0 unspecified atom stereocenters. The molecular weight excluding hydrogens is 198 g/mol. The Bertz CT molecular complexity index is 357. The van der Waals surface area contributed by atoms with Gasteiger partial charge in [0.05, 0.1) is 17.6 Å². The van der Waals surface area contributed by atoms with Gasteiger partial charge in [-0.05, 0) is 33.7 Å². The minimum Gasteiger partial charge on any atom is -0.333 e. The summed E-state index contributed by atoms with van der Waals surface area (Å²) in [6.07, 6.45) is 12.1. The molecule has 0 atom stereocenters. The lowest BCUT2D eigenvalue weighted by molar-refractivity contribution is 0.405.